The lowest BCUT2D eigenvalue weighted by atomic mass is 10.2. The van der Waals surface area contributed by atoms with Crippen LogP contribution in [0.15, 0.2) is 24.5 Å². The number of nitrogens with one attached hydrogen (secondary N) is 1. The molecule has 1 N–H and O–H groups in total. The Balaban J connectivity index is 1.55. The van der Waals surface area contributed by atoms with Crippen LogP contribution in [0.3, 0.4) is 0 Å². The van der Waals surface area contributed by atoms with Crippen molar-refractivity contribution in [2.45, 2.75) is 6.92 Å². The van der Waals surface area contributed by atoms with Crippen LogP contribution in [0.25, 0.3) is 5.69 Å². The average molecular weight is 379 g/mol. The van der Waals surface area contributed by atoms with Crippen molar-refractivity contribution in [1.82, 2.24) is 29.4 Å². The van der Waals surface area contributed by atoms with E-state index in [4.69, 9.17) is 0 Å². The van der Waals surface area contributed by atoms with Gasteiger partial charge in [-0.2, -0.15) is 4.31 Å². The maximum absolute atomic E-state index is 12.3. The molecular weight excluding hydrogens is 358 g/mol. The number of hydrogen-bond acceptors (Lipinski definition) is 7. The summed E-state index contributed by atoms with van der Waals surface area (Å²) in [6.07, 6.45) is 2.71. The van der Waals surface area contributed by atoms with Crippen LogP contribution in [0.2, 0.25) is 0 Å². The number of anilines is 1. The Bertz CT molecular complexity index is 875. The Morgan fingerprint density at radius 1 is 1.23 bits per heavy atom. The molecule has 0 atom stereocenters. The number of carbonyl (C=O) groups is 1. The van der Waals surface area contributed by atoms with Gasteiger partial charge in [0.1, 0.15) is 6.33 Å². The van der Waals surface area contributed by atoms with E-state index in [2.05, 4.69) is 20.8 Å². The molecule has 2 heterocycles. The van der Waals surface area contributed by atoms with Crippen LogP contribution in [-0.2, 0) is 14.8 Å². The summed E-state index contributed by atoms with van der Waals surface area (Å²) in [7, 11) is -3.19. The highest BCUT2D eigenvalue weighted by Crippen LogP contribution is 2.17. The van der Waals surface area contributed by atoms with Gasteiger partial charge in [0.2, 0.25) is 15.9 Å². The van der Waals surface area contributed by atoms with Crippen molar-refractivity contribution in [2.75, 3.05) is 44.3 Å². The smallest absolute Gasteiger partial charge is 0.241 e. The molecule has 1 fully saturated rings. The Morgan fingerprint density at radius 3 is 2.54 bits per heavy atom. The van der Waals surface area contributed by atoms with Crippen molar-refractivity contribution in [3.63, 3.8) is 0 Å². The molecule has 1 aromatic carbocycles. The molecule has 0 unspecified atom stereocenters. The number of tetrazole rings is 1. The highest BCUT2D eigenvalue weighted by Gasteiger charge is 2.25. The second kappa shape index (κ2) is 7.38. The molecule has 1 amide bonds. The fourth-order valence-corrected chi connectivity index (χ4v) is 3.68. The van der Waals surface area contributed by atoms with Gasteiger partial charge < -0.3 is 10.2 Å². The van der Waals surface area contributed by atoms with Gasteiger partial charge in [0.05, 0.1) is 18.5 Å². The molecule has 26 heavy (non-hydrogen) atoms. The number of amides is 1. The van der Waals surface area contributed by atoms with E-state index in [1.807, 2.05) is 25.1 Å². The van der Waals surface area contributed by atoms with Crippen molar-refractivity contribution < 1.29 is 13.2 Å². The van der Waals surface area contributed by atoms with Gasteiger partial charge in [-0.25, -0.2) is 13.1 Å². The Morgan fingerprint density at radius 2 is 1.96 bits per heavy atom. The molecule has 1 aliphatic heterocycles. The first-order chi connectivity index (χ1) is 12.3. The standard InChI is InChI=1S/C15H21N7O3S/c1-12-9-13(3-4-14(12)22-11-17-18-19-22)16-10-15(23)20-5-7-21(8-6-20)26(2,24)25/h3-4,9,11,16H,5-8,10H2,1-2H3. The highest BCUT2D eigenvalue weighted by atomic mass is 32.2. The van der Waals surface area contributed by atoms with Gasteiger partial charge >= 0.3 is 0 Å². The van der Waals surface area contributed by atoms with Crippen LogP contribution >= 0.6 is 0 Å². The number of nitrogens with zero attached hydrogens (tertiary/aromatic N) is 6. The minimum atomic E-state index is -3.19. The van der Waals surface area contributed by atoms with Gasteiger partial charge in [-0.15, -0.1) is 5.10 Å². The minimum Gasteiger partial charge on any atom is -0.376 e. The van der Waals surface area contributed by atoms with E-state index in [-0.39, 0.29) is 12.5 Å². The summed E-state index contributed by atoms with van der Waals surface area (Å²) in [5.41, 5.74) is 2.66. The largest absolute Gasteiger partial charge is 0.376 e. The summed E-state index contributed by atoms with van der Waals surface area (Å²) in [6, 6.07) is 5.66. The first-order valence-electron chi connectivity index (χ1n) is 8.15. The molecular formula is C15H21N7O3S. The fourth-order valence-electron chi connectivity index (χ4n) is 2.85. The predicted molar refractivity (Wildman–Crippen MR) is 95.4 cm³/mol. The molecule has 0 radical (unpaired) electrons. The van der Waals surface area contributed by atoms with E-state index in [0.29, 0.717) is 26.2 Å². The minimum absolute atomic E-state index is 0.0552. The maximum Gasteiger partial charge on any atom is 0.241 e. The molecule has 10 nitrogen and oxygen atoms in total. The Labute approximate surface area is 151 Å². The molecule has 2 aromatic rings. The van der Waals surface area contributed by atoms with E-state index >= 15 is 0 Å². The first kappa shape index (κ1) is 18.3. The van der Waals surface area contributed by atoms with Crippen LogP contribution in [0.5, 0.6) is 0 Å². The molecule has 11 heteroatoms. The molecule has 1 aliphatic rings. The van der Waals surface area contributed by atoms with Gasteiger partial charge in [-0.05, 0) is 41.1 Å². The van der Waals surface area contributed by atoms with Crippen LogP contribution < -0.4 is 5.32 Å². The highest BCUT2D eigenvalue weighted by molar-refractivity contribution is 7.88. The third-order valence-corrected chi connectivity index (χ3v) is 5.60. The van der Waals surface area contributed by atoms with E-state index < -0.39 is 10.0 Å². The van der Waals surface area contributed by atoms with Crippen LogP contribution in [0, 0.1) is 6.92 Å². The Hall–Kier alpha value is -2.53. The van der Waals surface area contributed by atoms with E-state index in [9.17, 15) is 13.2 Å². The van der Waals surface area contributed by atoms with Gasteiger partial charge in [-0.1, -0.05) is 0 Å². The lowest BCUT2D eigenvalue weighted by Crippen LogP contribution is -2.51. The normalized spacial score (nSPS) is 15.8. The van der Waals surface area contributed by atoms with E-state index in [0.717, 1.165) is 16.9 Å². The topological polar surface area (TPSA) is 113 Å². The first-order valence-corrected chi connectivity index (χ1v) is 10.0. The van der Waals surface area contributed by atoms with Crippen molar-refractivity contribution >= 4 is 21.6 Å². The molecule has 0 aliphatic carbocycles. The summed E-state index contributed by atoms with van der Waals surface area (Å²) >= 11 is 0. The van der Waals surface area contributed by atoms with Gasteiger partial charge in [0, 0.05) is 31.9 Å². The third-order valence-electron chi connectivity index (χ3n) is 4.30. The molecule has 3 rings (SSSR count). The predicted octanol–water partition coefficient (Wildman–Crippen LogP) is -0.514. The zero-order valence-electron chi connectivity index (χ0n) is 14.7. The van der Waals surface area contributed by atoms with Crippen LogP contribution in [-0.4, -0.2) is 82.7 Å². The summed E-state index contributed by atoms with van der Waals surface area (Å²) < 4.78 is 26.0. The summed E-state index contributed by atoms with van der Waals surface area (Å²) in [4.78, 5) is 14.0. The van der Waals surface area contributed by atoms with Crippen LogP contribution in [0.4, 0.5) is 5.69 Å². The molecule has 140 valence electrons. The summed E-state index contributed by atoms with van der Waals surface area (Å²) in [6.45, 7) is 3.58. The summed E-state index contributed by atoms with van der Waals surface area (Å²) in [5, 5.41) is 14.2. The molecule has 1 aromatic heterocycles. The zero-order chi connectivity index (χ0) is 18.7. The van der Waals surface area contributed by atoms with Gasteiger partial charge in [0.25, 0.3) is 0 Å². The molecule has 0 bridgehead atoms. The van der Waals surface area contributed by atoms with E-state index in [1.165, 1.54) is 16.9 Å². The fraction of sp³-hybridized carbons (Fsp3) is 0.467. The van der Waals surface area contributed by atoms with Crippen molar-refractivity contribution in [2.24, 2.45) is 0 Å². The molecule has 1 saturated heterocycles. The number of aryl methyl sites for hydroxylation is 1. The maximum atomic E-state index is 12.3. The van der Waals surface area contributed by atoms with Gasteiger partial charge in [0.15, 0.2) is 0 Å². The van der Waals surface area contributed by atoms with Crippen LogP contribution in [0.1, 0.15) is 5.56 Å². The molecule has 0 saturated carbocycles. The molecule has 0 spiro atoms. The second-order valence-electron chi connectivity index (χ2n) is 6.15. The number of piperazine rings is 1. The number of hydrogen-bond donors (Lipinski definition) is 1. The number of benzene rings is 1. The number of sulfonamides is 1. The number of carbonyl (C=O) groups excluding carboxylic acids is 1. The second-order valence-corrected chi connectivity index (χ2v) is 8.13. The van der Waals surface area contributed by atoms with E-state index in [1.54, 1.807) is 9.58 Å². The van der Waals surface area contributed by atoms with Gasteiger partial charge in [-0.3, -0.25) is 4.79 Å². The van der Waals surface area contributed by atoms with Crippen molar-refractivity contribution in [3.05, 3.63) is 30.1 Å². The number of rotatable bonds is 5. The quantitative estimate of drug-likeness (QED) is 0.744. The lowest BCUT2D eigenvalue weighted by molar-refractivity contribution is -0.130. The number of aromatic nitrogens is 4. The third kappa shape index (κ3) is 4.17. The summed E-state index contributed by atoms with van der Waals surface area (Å²) in [5.74, 6) is -0.0552. The lowest BCUT2D eigenvalue weighted by Gasteiger charge is -2.33. The monoisotopic (exact) mass is 379 g/mol. The SMILES string of the molecule is Cc1cc(NCC(=O)N2CCN(S(C)(=O)=O)CC2)ccc1-n1cnnn1. The van der Waals surface area contributed by atoms with Crippen molar-refractivity contribution in [3.8, 4) is 5.69 Å². The zero-order valence-corrected chi connectivity index (χ0v) is 15.5. The average Bonchev–Trinajstić information content (AvgIpc) is 3.13. The Kier molecular flexibility index (Phi) is 5.18. The van der Waals surface area contributed by atoms with Crippen molar-refractivity contribution in [1.29, 1.82) is 0 Å².